The van der Waals surface area contributed by atoms with E-state index in [9.17, 15) is 9.59 Å². The van der Waals surface area contributed by atoms with Crippen molar-refractivity contribution in [3.63, 3.8) is 0 Å². The second-order valence-electron chi connectivity index (χ2n) is 5.99. The Balaban J connectivity index is 2.75. The molecule has 0 spiro atoms. The molecule has 0 bridgehead atoms. The highest BCUT2D eigenvalue weighted by Crippen LogP contribution is 2.14. The van der Waals surface area contributed by atoms with Crippen LogP contribution in [0, 0.1) is 0 Å². The predicted molar refractivity (Wildman–Crippen MR) is 92.6 cm³/mol. The first kappa shape index (κ1) is 18.5. The van der Waals surface area contributed by atoms with Crippen LogP contribution in [0.3, 0.4) is 0 Å². The Hall–Kier alpha value is -2.56. The monoisotopic (exact) mass is 316 g/mol. The third-order valence-corrected chi connectivity index (χ3v) is 2.76. The predicted octanol–water partition coefficient (Wildman–Crippen LogP) is 3.85. The van der Waals surface area contributed by atoms with Gasteiger partial charge in [-0.1, -0.05) is 12.2 Å². The highest BCUT2D eigenvalue weighted by Gasteiger charge is 2.17. The second kappa shape index (κ2) is 8.17. The van der Waals surface area contributed by atoms with E-state index in [0.29, 0.717) is 24.3 Å². The fourth-order valence-electron chi connectivity index (χ4n) is 1.85. The molecule has 0 heterocycles. The molecule has 5 heteroatoms. The maximum Gasteiger partial charge on any atom is 0.412 e. The van der Waals surface area contributed by atoms with Gasteiger partial charge in [-0.25, -0.2) is 4.79 Å². The molecule has 0 fully saturated rings. The second-order valence-corrected chi connectivity index (χ2v) is 5.99. The first-order valence-electron chi connectivity index (χ1n) is 7.38. The first-order chi connectivity index (χ1) is 10.8. The molecule has 0 atom stereocenters. The van der Waals surface area contributed by atoms with Gasteiger partial charge in [-0.15, -0.1) is 13.2 Å². The van der Waals surface area contributed by atoms with Crippen LogP contribution < -0.4 is 5.32 Å². The summed E-state index contributed by atoms with van der Waals surface area (Å²) in [4.78, 5) is 25.7. The van der Waals surface area contributed by atoms with Crippen LogP contribution in [0.2, 0.25) is 0 Å². The van der Waals surface area contributed by atoms with Gasteiger partial charge in [0.1, 0.15) is 5.60 Å². The van der Waals surface area contributed by atoms with Gasteiger partial charge >= 0.3 is 6.09 Å². The molecule has 0 unspecified atom stereocenters. The van der Waals surface area contributed by atoms with Gasteiger partial charge in [0.05, 0.1) is 0 Å². The van der Waals surface area contributed by atoms with Gasteiger partial charge in [0, 0.05) is 24.3 Å². The maximum absolute atomic E-state index is 12.4. The quantitative estimate of drug-likeness (QED) is 0.811. The van der Waals surface area contributed by atoms with E-state index in [1.165, 1.54) is 0 Å². The van der Waals surface area contributed by atoms with Crippen LogP contribution in [0.4, 0.5) is 10.5 Å². The lowest BCUT2D eigenvalue weighted by Crippen LogP contribution is -2.31. The van der Waals surface area contributed by atoms with Gasteiger partial charge < -0.3 is 9.64 Å². The van der Waals surface area contributed by atoms with Gasteiger partial charge in [0.15, 0.2) is 0 Å². The van der Waals surface area contributed by atoms with Crippen LogP contribution in [-0.2, 0) is 4.74 Å². The summed E-state index contributed by atoms with van der Waals surface area (Å²) in [7, 11) is 0. The van der Waals surface area contributed by atoms with E-state index in [-0.39, 0.29) is 5.91 Å². The molecule has 1 aromatic rings. The fourth-order valence-corrected chi connectivity index (χ4v) is 1.85. The summed E-state index contributed by atoms with van der Waals surface area (Å²) in [6, 6.07) is 6.65. The van der Waals surface area contributed by atoms with Crippen LogP contribution in [0.25, 0.3) is 0 Å². The molecule has 0 saturated heterocycles. The van der Waals surface area contributed by atoms with Crippen molar-refractivity contribution in [2.75, 3.05) is 18.4 Å². The van der Waals surface area contributed by atoms with E-state index < -0.39 is 11.7 Å². The standard InChI is InChI=1S/C18H24N2O3/c1-6-12-20(13-7-2)16(21)14-8-10-15(11-9-14)19-17(22)23-18(3,4)5/h6-11H,1-2,12-13H2,3-5H3,(H,19,22). The molecule has 1 aromatic carbocycles. The minimum atomic E-state index is -0.560. The highest BCUT2D eigenvalue weighted by molar-refractivity contribution is 5.95. The van der Waals surface area contributed by atoms with Crippen molar-refractivity contribution in [2.24, 2.45) is 0 Å². The number of carbonyl (C=O) groups is 2. The normalized spacial score (nSPS) is 10.6. The summed E-state index contributed by atoms with van der Waals surface area (Å²) >= 11 is 0. The van der Waals surface area contributed by atoms with E-state index in [1.807, 2.05) is 0 Å². The lowest BCUT2D eigenvalue weighted by atomic mass is 10.1. The van der Waals surface area contributed by atoms with Gasteiger partial charge in [-0.2, -0.15) is 0 Å². The van der Waals surface area contributed by atoms with Crippen molar-refractivity contribution in [2.45, 2.75) is 26.4 Å². The van der Waals surface area contributed by atoms with Gasteiger partial charge in [0.25, 0.3) is 5.91 Å². The molecular formula is C18H24N2O3. The number of benzene rings is 1. The summed E-state index contributed by atoms with van der Waals surface area (Å²) < 4.78 is 5.17. The number of nitrogens with one attached hydrogen (secondary N) is 1. The van der Waals surface area contributed by atoms with Crippen LogP contribution in [0.1, 0.15) is 31.1 Å². The Morgan fingerprint density at radius 1 is 1.13 bits per heavy atom. The smallest absolute Gasteiger partial charge is 0.412 e. The van der Waals surface area contributed by atoms with Crippen LogP contribution in [0.15, 0.2) is 49.6 Å². The van der Waals surface area contributed by atoms with Crippen molar-refractivity contribution in [1.82, 2.24) is 4.90 Å². The number of anilines is 1. The van der Waals surface area contributed by atoms with Crippen molar-refractivity contribution < 1.29 is 14.3 Å². The van der Waals surface area contributed by atoms with Crippen LogP contribution >= 0.6 is 0 Å². The summed E-state index contributed by atoms with van der Waals surface area (Å²) in [5.41, 5.74) is 0.536. The summed E-state index contributed by atoms with van der Waals surface area (Å²) in [6.45, 7) is 13.6. The molecule has 0 aliphatic heterocycles. The van der Waals surface area contributed by atoms with Gasteiger partial charge in [-0.3, -0.25) is 10.1 Å². The van der Waals surface area contributed by atoms with Crippen molar-refractivity contribution >= 4 is 17.7 Å². The van der Waals surface area contributed by atoms with E-state index in [0.717, 1.165) is 0 Å². The zero-order valence-corrected chi connectivity index (χ0v) is 14.0. The molecular weight excluding hydrogens is 292 g/mol. The lowest BCUT2D eigenvalue weighted by Gasteiger charge is -2.20. The molecule has 124 valence electrons. The summed E-state index contributed by atoms with van der Waals surface area (Å²) in [6.07, 6.45) is 2.80. The van der Waals surface area contributed by atoms with Gasteiger partial charge in [0.2, 0.25) is 0 Å². The van der Waals surface area contributed by atoms with Crippen LogP contribution in [0.5, 0.6) is 0 Å². The highest BCUT2D eigenvalue weighted by atomic mass is 16.6. The minimum absolute atomic E-state index is 0.117. The zero-order valence-electron chi connectivity index (χ0n) is 14.0. The molecule has 2 amide bonds. The Kier molecular flexibility index (Phi) is 6.57. The van der Waals surface area contributed by atoms with Gasteiger partial charge in [-0.05, 0) is 45.0 Å². The summed E-state index contributed by atoms with van der Waals surface area (Å²) in [5.74, 6) is -0.117. The molecule has 0 saturated carbocycles. The Labute approximate surface area is 137 Å². The van der Waals surface area contributed by atoms with Crippen molar-refractivity contribution in [3.8, 4) is 0 Å². The molecule has 0 radical (unpaired) electrons. The number of hydrogen-bond acceptors (Lipinski definition) is 3. The van der Waals surface area contributed by atoms with E-state index in [4.69, 9.17) is 4.74 Å². The topological polar surface area (TPSA) is 58.6 Å². The molecule has 1 N–H and O–H groups in total. The Bertz CT molecular complexity index is 561. The SMILES string of the molecule is C=CCN(CC=C)C(=O)c1ccc(NC(=O)OC(C)(C)C)cc1. The lowest BCUT2D eigenvalue weighted by molar-refractivity contribution is 0.0635. The molecule has 0 aromatic heterocycles. The van der Waals surface area contributed by atoms with Crippen LogP contribution in [-0.4, -0.2) is 35.6 Å². The molecule has 5 nitrogen and oxygen atoms in total. The molecule has 1 rings (SSSR count). The summed E-state index contributed by atoms with van der Waals surface area (Å²) in [5, 5.41) is 2.63. The number of amides is 2. The minimum Gasteiger partial charge on any atom is -0.444 e. The fraction of sp³-hybridized carbons (Fsp3) is 0.333. The Morgan fingerprint density at radius 3 is 2.09 bits per heavy atom. The number of rotatable bonds is 6. The molecule has 0 aliphatic rings. The van der Waals surface area contributed by atoms with Crippen molar-refractivity contribution in [1.29, 1.82) is 0 Å². The average molecular weight is 316 g/mol. The molecule has 23 heavy (non-hydrogen) atoms. The average Bonchev–Trinajstić information content (AvgIpc) is 2.45. The van der Waals surface area contributed by atoms with E-state index in [1.54, 1.807) is 62.1 Å². The zero-order chi connectivity index (χ0) is 17.5. The Morgan fingerprint density at radius 2 is 1.65 bits per heavy atom. The third kappa shape index (κ3) is 6.38. The number of ether oxygens (including phenoxy) is 1. The van der Waals surface area contributed by atoms with E-state index in [2.05, 4.69) is 18.5 Å². The third-order valence-electron chi connectivity index (χ3n) is 2.76. The number of carbonyl (C=O) groups excluding carboxylic acids is 2. The van der Waals surface area contributed by atoms with E-state index >= 15 is 0 Å². The number of hydrogen-bond donors (Lipinski definition) is 1. The first-order valence-corrected chi connectivity index (χ1v) is 7.38. The number of nitrogens with zero attached hydrogens (tertiary/aromatic N) is 1. The largest absolute Gasteiger partial charge is 0.444 e. The molecule has 0 aliphatic carbocycles. The van der Waals surface area contributed by atoms with Crippen molar-refractivity contribution in [3.05, 3.63) is 55.1 Å². The maximum atomic E-state index is 12.4.